The average molecular weight is 328 g/mol. The van der Waals surface area contributed by atoms with E-state index in [1.165, 1.54) is 16.4 Å². The maximum atomic E-state index is 12.6. The second-order valence-corrected chi connectivity index (χ2v) is 7.21. The third kappa shape index (κ3) is 3.56. The Morgan fingerprint density at radius 3 is 2.67 bits per heavy atom. The van der Waals surface area contributed by atoms with Crippen LogP contribution in [0.2, 0.25) is 5.02 Å². The van der Waals surface area contributed by atoms with Crippen molar-refractivity contribution in [2.45, 2.75) is 17.7 Å². The topological polar surface area (TPSA) is 74.7 Å². The van der Waals surface area contributed by atoms with Gasteiger partial charge < -0.3 is 5.11 Å². The molecule has 1 fully saturated rings. The molecule has 0 radical (unpaired) electrons. The number of carbonyl (C=O) groups is 1. The van der Waals surface area contributed by atoms with Gasteiger partial charge in [0.25, 0.3) is 0 Å². The summed E-state index contributed by atoms with van der Waals surface area (Å²) in [6, 6.07) is 3.59. The van der Waals surface area contributed by atoms with E-state index < -0.39 is 16.0 Å². The fourth-order valence-corrected chi connectivity index (χ4v) is 3.84. The van der Waals surface area contributed by atoms with Gasteiger partial charge in [-0.2, -0.15) is 4.31 Å². The Morgan fingerprint density at radius 1 is 1.48 bits per heavy atom. The van der Waals surface area contributed by atoms with Crippen molar-refractivity contribution in [1.29, 1.82) is 0 Å². The van der Waals surface area contributed by atoms with E-state index in [1.807, 2.05) is 0 Å². The second-order valence-electron chi connectivity index (χ2n) is 4.90. The van der Waals surface area contributed by atoms with Gasteiger partial charge in [0.15, 0.2) is 0 Å². The van der Waals surface area contributed by atoms with E-state index in [0.29, 0.717) is 12.5 Å². The molecule has 0 heterocycles. The summed E-state index contributed by atoms with van der Waals surface area (Å²) < 4.78 is 26.4. The summed E-state index contributed by atoms with van der Waals surface area (Å²) in [6.45, 7) is 0.270. The first kappa shape index (κ1) is 15.8. The van der Waals surface area contributed by atoms with Gasteiger partial charge in [0, 0.05) is 6.54 Å². The van der Waals surface area contributed by atoms with E-state index in [1.54, 1.807) is 0 Å². The summed E-state index contributed by atoms with van der Waals surface area (Å²) >= 11 is 5.93. The zero-order chi connectivity index (χ0) is 15.6. The van der Waals surface area contributed by atoms with Crippen LogP contribution in [0, 0.1) is 18.3 Å². The fraction of sp³-hybridized carbons (Fsp3) is 0.357. The van der Waals surface area contributed by atoms with Crippen LogP contribution in [0.3, 0.4) is 0 Å². The molecule has 1 saturated carbocycles. The van der Waals surface area contributed by atoms with Crippen molar-refractivity contribution in [2.75, 3.05) is 13.1 Å². The lowest BCUT2D eigenvalue weighted by Gasteiger charge is -2.20. The lowest BCUT2D eigenvalue weighted by Crippen LogP contribution is -2.33. The van der Waals surface area contributed by atoms with Crippen LogP contribution in [0.1, 0.15) is 23.2 Å². The fourth-order valence-electron chi connectivity index (χ4n) is 1.91. The van der Waals surface area contributed by atoms with Crippen molar-refractivity contribution in [1.82, 2.24) is 4.31 Å². The van der Waals surface area contributed by atoms with E-state index >= 15 is 0 Å². The largest absolute Gasteiger partial charge is 0.478 e. The number of rotatable bonds is 6. The van der Waals surface area contributed by atoms with Gasteiger partial charge in [-0.15, -0.1) is 6.42 Å². The van der Waals surface area contributed by atoms with Crippen molar-refractivity contribution >= 4 is 27.6 Å². The molecule has 0 aliphatic heterocycles. The first-order valence-electron chi connectivity index (χ1n) is 6.32. The molecule has 0 spiro atoms. The number of terminal acetylenes is 1. The smallest absolute Gasteiger partial charge is 0.335 e. The van der Waals surface area contributed by atoms with Gasteiger partial charge in [0.1, 0.15) is 4.90 Å². The van der Waals surface area contributed by atoms with Crippen LogP contribution in [0.4, 0.5) is 0 Å². The normalized spacial score (nSPS) is 14.9. The summed E-state index contributed by atoms with van der Waals surface area (Å²) in [5.41, 5.74) is -0.134. The van der Waals surface area contributed by atoms with Gasteiger partial charge in [-0.3, -0.25) is 0 Å². The Kier molecular flexibility index (Phi) is 4.57. The first-order chi connectivity index (χ1) is 9.86. The number of hydrogen-bond acceptors (Lipinski definition) is 3. The van der Waals surface area contributed by atoms with Crippen LogP contribution in [0.25, 0.3) is 0 Å². The number of carboxylic acids is 1. The van der Waals surface area contributed by atoms with Crippen molar-refractivity contribution in [3.05, 3.63) is 28.8 Å². The minimum atomic E-state index is -3.91. The van der Waals surface area contributed by atoms with Gasteiger partial charge in [0.2, 0.25) is 10.0 Å². The van der Waals surface area contributed by atoms with Crippen LogP contribution in [0.5, 0.6) is 0 Å². The summed E-state index contributed by atoms with van der Waals surface area (Å²) in [5, 5.41) is 8.96. The summed E-state index contributed by atoms with van der Waals surface area (Å²) in [5.74, 6) is 1.42. The number of hydrogen-bond donors (Lipinski definition) is 1. The van der Waals surface area contributed by atoms with E-state index in [-0.39, 0.29) is 22.0 Å². The monoisotopic (exact) mass is 327 g/mol. The first-order valence-corrected chi connectivity index (χ1v) is 8.14. The van der Waals surface area contributed by atoms with Gasteiger partial charge in [-0.05, 0) is 37.0 Å². The van der Waals surface area contributed by atoms with Gasteiger partial charge in [-0.1, -0.05) is 17.5 Å². The molecule has 2 rings (SSSR count). The number of sulfonamides is 1. The summed E-state index contributed by atoms with van der Waals surface area (Å²) in [4.78, 5) is 10.8. The zero-order valence-electron chi connectivity index (χ0n) is 11.1. The lowest BCUT2D eigenvalue weighted by molar-refractivity contribution is 0.0696. The average Bonchev–Trinajstić information content (AvgIpc) is 3.22. The molecule has 0 bridgehead atoms. The van der Waals surface area contributed by atoms with E-state index in [0.717, 1.165) is 18.9 Å². The maximum Gasteiger partial charge on any atom is 0.335 e. The van der Waals surface area contributed by atoms with Crippen molar-refractivity contribution < 1.29 is 18.3 Å². The SMILES string of the molecule is C#CCN(CC1CC1)S(=O)(=O)c1cc(C(=O)O)ccc1Cl. The van der Waals surface area contributed by atoms with Crippen LogP contribution >= 0.6 is 11.6 Å². The van der Waals surface area contributed by atoms with E-state index in [9.17, 15) is 13.2 Å². The number of carboxylic acid groups (broad SMARTS) is 1. The molecule has 1 aromatic carbocycles. The molecular weight excluding hydrogens is 314 g/mol. The number of halogens is 1. The standard InChI is InChI=1S/C14H14ClNO4S/c1-2-7-16(9-10-3-4-10)21(19,20)13-8-11(14(17)18)5-6-12(13)15/h1,5-6,8,10H,3-4,7,9H2,(H,17,18). The quantitative estimate of drug-likeness (QED) is 0.812. The Balaban J connectivity index is 2.43. The predicted octanol–water partition coefficient (Wildman–Crippen LogP) is 2.07. The van der Waals surface area contributed by atoms with Crippen LogP contribution in [-0.4, -0.2) is 36.9 Å². The van der Waals surface area contributed by atoms with Crippen LogP contribution < -0.4 is 0 Å². The minimum absolute atomic E-state index is 0.0159. The van der Waals surface area contributed by atoms with E-state index in [4.69, 9.17) is 23.1 Å². The highest BCUT2D eigenvalue weighted by molar-refractivity contribution is 7.89. The number of benzene rings is 1. The van der Waals surface area contributed by atoms with E-state index in [2.05, 4.69) is 5.92 Å². The number of aromatic carboxylic acids is 1. The molecule has 1 aliphatic rings. The third-order valence-corrected chi connectivity index (χ3v) is 5.52. The van der Waals surface area contributed by atoms with Crippen molar-refractivity contribution in [2.24, 2.45) is 5.92 Å². The molecule has 21 heavy (non-hydrogen) atoms. The molecule has 1 aliphatic carbocycles. The molecule has 0 aromatic heterocycles. The van der Waals surface area contributed by atoms with Crippen LogP contribution in [0.15, 0.2) is 23.1 Å². The summed E-state index contributed by atoms with van der Waals surface area (Å²) in [6.07, 6.45) is 7.18. The van der Waals surface area contributed by atoms with Gasteiger partial charge >= 0.3 is 5.97 Å². The molecule has 0 saturated heterocycles. The molecular formula is C14H14ClNO4S. The molecule has 7 heteroatoms. The van der Waals surface area contributed by atoms with Crippen LogP contribution in [-0.2, 0) is 10.0 Å². The Hall–Kier alpha value is -1.55. The summed E-state index contributed by atoms with van der Waals surface area (Å²) in [7, 11) is -3.91. The minimum Gasteiger partial charge on any atom is -0.478 e. The Morgan fingerprint density at radius 2 is 2.14 bits per heavy atom. The highest BCUT2D eigenvalue weighted by atomic mass is 35.5. The predicted molar refractivity (Wildman–Crippen MR) is 78.7 cm³/mol. The van der Waals surface area contributed by atoms with Gasteiger partial charge in [-0.25, -0.2) is 13.2 Å². The lowest BCUT2D eigenvalue weighted by atomic mass is 10.2. The number of nitrogens with zero attached hydrogens (tertiary/aromatic N) is 1. The van der Waals surface area contributed by atoms with Crippen molar-refractivity contribution in [3.63, 3.8) is 0 Å². The highest BCUT2D eigenvalue weighted by Gasteiger charge is 2.32. The third-order valence-electron chi connectivity index (χ3n) is 3.22. The molecule has 5 nitrogen and oxygen atoms in total. The molecule has 0 atom stereocenters. The molecule has 1 N–H and O–H groups in total. The second kappa shape index (κ2) is 6.06. The molecule has 112 valence electrons. The van der Waals surface area contributed by atoms with Gasteiger partial charge in [0.05, 0.1) is 17.1 Å². The zero-order valence-corrected chi connectivity index (χ0v) is 12.7. The highest BCUT2D eigenvalue weighted by Crippen LogP contribution is 2.33. The Labute approximate surface area is 128 Å². The molecule has 1 aromatic rings. The Bertz CT molecular complexity index is 704. The molecule has 0 unspecified atom stereocenters. The van der Waals surface area contributed by atoms with Crippen molar-refractivity contribution in [3.8, 4) is 12.3 Å². The molecule has 0 amide bonds. The maximum absolute atomic E-state index is 12.6.